The average molecular weight is 234 g/mol. The van der Waals surface area contributed by atoms with Gasteiger partial charge in [0.15, 0.2) is 0 Å². The number of nitrogens with two attached hydrogens (primary N) is 1. The number of hydrogen-bond donors (Lipinski definition) is 1. The van der Waals surface area contributed by atoms with Crippen LogP contribution in [0, 0.1) is 6.92 Å². The van der Waals surface area contributed by atoms with Gasteiger partial charge in [-0.25, -0.2) is 9.97 Å². The van der Waals surface area contributed by atoms with Crippen LogP contribution in [0.25, 0.3) is 0 Å². The maximum absolute atomic E-state index is 5.66. The number of hydrogen-bond acceptors (Lipinski definition) is 5. The maximum atomic E-state index is 5.66. The Kier molecular flexibility index (Phi) is 2.72. The molecule has 0 unspecified atom stereocenters. The molecule has 1 aliphatic heterocycles. The predicted molar refractivity (Wildman–Crippen MR) is 64.7 cm³/mol. The molecule has 2 N–H and O–H groups in total. The minimum atomic E-state index is 0.596. The SMILES string of the molecule is Cc1nc(N(CCN)C2CC2)nc2c1COC2. The molecule has 5 heteroatoms. The summed E-state index contributed by atoms with van der Waals surface area (Å²) in [6, 6.07) is 0.596. The van der Waals surface area contributed by atoms with E-state index in [4.69, 9.17) is 10.5 Å². The summed E-state index contributed by atoms with van der Waals surface area (Å²) in [5.74, 6) is 0.833. The maximum Gasteiger partial charge on any atom is 0.226 e. The molecular formula is C12H18N4O. The highest BCUT2D eigenvalue weighted by atomic mass is 16.5. The summed E-state index contributed by atoms with van der Waals surface area (Å²) in [7, 11) is 0. The molecule has 1 aromatic rings. The van der Waals surface area contributed by atoms with Crippen LogP contribution in [0.4, 0.5) is 5.95 Å². The van der Waals surface area contributed by atoms with Crippen LogP contribution >= 0.6 is 0 Å². The fourth-order valence-electron chi connectivity index (χ4n) is 2.30. The van der Waals surface area contributed by atoms with Crippen molar-refractivity contribution < 1.29 is 4.74 Å². The van der Waals surface area contributed by atoms with Crippen molar-refractivity contribution in [2.45, 2.75) is 39.0 Å². The molecule has 0 radical (unpaired) electrons. The van der Waals surface area contributed by atoms with Gasteiger partial charge in [0, 0.05) is 30.4 Å². The number of aryl methyl sites for hydroxylation is 1. The van der Waals surface area contributed by atoms with E-state index in [0.29, 0.717) is 25.8 Å². The number of fused-ring (bicyclic) bond motifs is 1. The lowest BCUT2D eigenvalue weighted by Gasteiger charge is -2.22. The van der Waals surface area contributed by atoms with Gasteiger partial charge in [0.25, 0.3) is 0 Å². The molecule has 0 atom stereocenters. The zero-order valence-electron chi connectivity index (χ0n) is 10.1. The fourth-order valence-corrected chi connectivity index (χ4v) is 2.30. The monoisotopic (exact) mass is 234 g/mol. The number of anilines is 1. The standard InChI is InChI=1S/C12H18N4O/c1-8-10-6-17-7-11(10)15-12(14-8)16(5-4-13)9-2-3-9/h9H,2-7,13H2,1H3. The van der Waals surface area contributed by atoms with Crippen molar-refractivity contribution in [1.82, 2.24) is 9.97 Å². The Hall–Kier alpha value is -1.20. The summed E-state index contributed by atoms with van der Waals surface area (Å²) in [6.45, 7) is 4.79. The summed E-state index contributed by atoms with van der Waals surface area (Å²) < 4.78 is 5.42. The van der Waals surface area contributed by atoms with Gasteiger partial charge in [0.1, 0.15) is 0 Å². The van der Waals surface area contributed by atoms with Crippen molar-refractivity contribution in [2.24, 2.45) is 5.73 Å². The third-order valence-electron chi connectivity index (χ3n) is 3.39. The van der Waals surface area contributed by atoms with Gasteiger partial charge in [0.2, 0.25) is 5.95 Å². The van der Waals surface area contributed by atoms with E-state index in [1.807, 2.05) is 6.92 Å². The first-order valence-corrected chi connectivity index (χ1v) is 6.20. The zero-order chi connectivity index (χ0) is 11.8. The van der Waals surface area contributed by atoms with Crippen LogP contribution < -0.4 is 10.6 Å². The highest BCUT2D eigenvalue weighted by Gasteiger charge is 2.31. The highest BCUT2D eigenvalue weighted by Crippen LogP contribution is 2.31. The molecule has 92 valence electrons. The third kappa shape index (κ3) is 2.00. The van der Waals surface area contributed by atoms with Crippen LogP contribution in [-0.4, -0.2) is 29.1 Å². The Labute approximate surface area is 101 Å². The van der Waals surface area contributed by atoms with Crippen LogP contribution in [-0.2, 0) is 18.0 Å². The van der Waals surface area contributed by atoms with Gasteiger partial charge in [-0.3, -0.25) is 0 Å². The Balaban J connectivity index is 1.93. The fraction of sp³-hybridized carbons (Fsp3) is 0.667. The molecule has 0 spiro atoms. The Morgan fingerprint density at radius 1 is 1.35 bits per heavy atom. The van der Waals surface area contributed by atoms with E-state index in [0.717, 1.165) is 29.4 Å². The second-order valence-electron chi connectivity index (χ2n) is 4.74. The van der Waals surface area contributed by atoms with Gasteiger partial charge in [-0.1, -0.05) is 0 Å². The van der Waals surface area contributed by atoms with Gasteiger partial charge in [-0.2, -0.15) is 0 Å². The molecule has 1 fully saturated rings. The van der Waals surface area contributed by atoms with E-state index in [1.165, 1.54) is 12.8 Å². The molecule has 0 aromatic carbocycles. The molecule has 1 aliphatic carbocycles. The minimum Gasteiger partial charge on any atom is -0.370 e. The summed E-state index contributed by atoms with van der Waals surface area (Å²) in [6.07, 6.45) is 2.46. The first-order valence-electron chi connectivity index (χ1n) is 6.20. The van der Waals surface area contributed by atoms with Crippen LogP contribution in [0.3, 0.4) is 0 Å². The molecule has 0 saturated heterocycles. The molecule has 1 aromatic heterocycles. The lowest BCUT2D eigenvalue weighted by atomic mass is 10.2. The molecule has 5 nitrogen and oxygen atoms in total. The highest BCUT2D eigenvalue weighted by molar-refractivity contribution is 5.40. The zero-order valence-corrected chi connectivity index (χ0v) is 10.1. The van der Waals surface area contributed by atoms with E-state index in [9.17, 15) is 0 Å². The van der Waals surface area contributed by atoms with Crippen LogP contribution in [0.15, 0.2) is 0 Å². The van der Waals surface area contributed by atoms with Crippen LogP contribution in [0.2, 0.25) is 0 Å². The summed E-state index contributed by atoms with van der Waals surface area (Å²) >= 11 is 0. The topological polar surface area (TPSA) is 64.3 Å². The van der Waals surface area contributed by atoms with Crippen molar-refractivity contribution in [3.05, 3.63) is 17.0 Å². The number of rotatable bonds is 4. The van der Waals surface area contributed by atoms with Gasteiger partial charge in [-0.15, -0.1) is 0 Å². The molecule has 3 rings (SSSR count). The second kappa shape index (κ2) is 4.23. The van der Waals surface area contributed by atoms with Gasteiger partial charge in [-0.05, 0) is 19.8 Å². The molecule has 2 aliphatic rings. The third-order valence-corrected chi connectivity index (χ3v) is 3.39. The lowest BCUT2D eigenvalue weighted by Crippen LogP contribution is -2.33. The number of ether oxygens (including phenoxy) is 1. The Morgan fingerprint density at radius 2 is 2.18 bits per heavy atom. The van der Waals surface area contributed by atoms with Crippen LogP contribution in [0.1, 0.15) is 29.8 Å². The van der Waals surface area contributed by atoms with Crippen molar-refractivity contribution in [1.29, 1.82) is 0 Å². The van der Waals surface area contributed by atoms with Gasteiger partial charge in [0.05, 0.1) is 18.9 Å². The molecule has 1 saturated carbocycles. The van der Waals surface area contributed by atoms with E-state index in [-0.39, 0.29) is 0 Å². The number of nitrogens with zero attached hydrogens (tertiary/aromatic N) is 3. The van der Waals surface area contributed by atoms with Crippen molar-refractivity contribution in [2.75, 3.05) is 18.0 Å². The molecule has 0 bridgehead atoms. The van der Waals surface area contributed by atoms with E-state index < -0.39 is 0 Å². The van der Waals surface area contributed by atoms with Gasteiger partial charge < -0.3 is 15.4 Å². The van der Waals surface area contributed by atoms with Crippen LogP contribution in [0.5, 0.6) is 0 Å². The smallest absolute Gasteiger partial charge is 0.226 e. The van der Waals surface area contributed by atoms with E-state index in [1.54, 1.807) is 0 Å². The van der Waals surface area contributed by atoms with E-state index in [2.05, 4.69) is 14.9 Å². The normalized spacial score (nSPS) is 18.2. The average Bonchev–Trinajstić information content (AvgIpc) is 3.03. The first-order chi connectivity index (χ1) is 8.29. The van der Waals surface area contributed by atoms with Crippen molar-refractivity contribution in [3.8, 4) is 0 Å². The summed E-state index contributed by atoms with van der Waals surface area (Å²) in [4.78, 5) is 11.5. The quantitative estimate of drug-likeness (QED) is 0.832. The minimum absolute atomic E-state index is 0.596. The molecule has 2 heterocycles. The molecule has 17 heavy (non-hydrogen) atoms. The molecular weight excluding hydrogens is 216 g/mol. The number of aromatic nitrogens is 2. The summed E-state index contributed by atoms with van der Waals surface area (Å²) in [5.41, 5.74) is 8.92. The van der Waals surface area contributed by atoms with Gasteiger partial charge >= 0.3 is 0 Å². The van der Waals surface area contributed by atoms with Crippen molar-refractivity contribution >= 4 is 5.95 Å². The Morgan fingerprint density at radius 3 is 2.88 bits per heavy atom. The Bertz CT molecular complexity index is 431. The first kappa shape index (κ1) is 10.9. The lowest BCUT2D eigenvalue weighted by molar-refractivity contribution is 0.133. The largest absolute Gasteiger partial charge is 0.370 e. The predicted octanol–water partition coefficient (Wildman–Crippen LogP) is 0.743. The van der Waals surface area contributed by atoms with Crippen molar-refractivity contribution in [3.63, 3.8) is 0 Å². The molecule has 0 amide bonds. The second-order valence-corrected chi connectivity index (χ2v) is 4.74. The van der Waals surface area contributed by atoms with E-state index >= 15 is 0 Å². The summed E-state index contributed by atoms with van der Waals surface area (Å²) in [5, 5.41) is 0.